The predicted molar refractivity (Wildman–Crippen MR) is 84.8 cm³/mol. The number of nitrogens with zero attached hydrogens (tertiary/aromatic N) is 1. The van der Waals surface area contributed by atoms with Gasteiger partial charge in [-0.25, -0.2) is 0 Å². The van der Waals surface area contributed by atoms with Gasteiger partial charge in [0.05, 0.1) is 12.6 Å². The number of benzene rings is 1. The van der Waals surface area contributed by atoms with E-state index in [1.807, 2.05) is 44.2 Å². The van der Waals surface area contributed by atoms with Crippen molar-refractivity contribution >= 4 is 5.91 Å². The molecule has 0 spiro atoms. The number of aliphatic hydroxyl groups is 1. The normalized spacial score (nSPS) is 12.0. The van der Waals surface area contributed by atoms with Gasteiger partial charge in [0.1, 0.15) is 5.56 Å². The molecule has 0 bridgehead atoms. The molecule has 0 fully saturated rings. The van der Waals surface area contributed by atoms with Gasteiger partial charge >= 0.3 is 0 Å². The highest BCUT2D eigenvalue weighted by atomic mass is 16.3. The van der Waals surface area contributed by atoms with E-state index in [1.54, 1.807) is 10.6 Å². The summed E-state index contributed by atoms with van der Waals surface area (Å²) in [5, 5.41) is 12.2. The van der Waals surface area contributed by atoms with E-state index in [-0.39, 0.29) is 17.7 Å². The number of rotatable bonds is 5. The molecule has 2 aromatic rings. The molecule has 0 aliphatic heterocycles. The minimum atomic E-state index is -0.538. The van der Waals surface area contributed by atoms with Gasteiger partial charge < -0.3 is 15.0 Å². The molecule has 5 heteroatoms. The molecular weight excluding hydrogens is 280 g/mol. The molecule has 0 radical (unpaired) electrons. The second-order valence-electron chi connectivity index (χ2n) is 5.06. The van der Waals surface area contributed by atoms with Crippen LogP contribution in [0.5, 0.6) is 0 Å². The number of aryl methyl sites for hydroxylation is 1. The van der Waals surface area contributed by atoms with Crippen LogP contribution >= 0.6 is 0 Å². The predicted octanol–water partition coefficient (Wildman–Crippen LogP) is 1.64. The number of hydrogen-bond donors (Lipinski definition) is 2. The fraction of sp³-hybridized carbons (Fsp3) is 0.294. The smallest absolute Gasteiger partial charge is 0.263 e. The quantitative estimate of drug-likeness (QED) is 0.882. The highest BCUT2D eigenvalue weighted by Crippen LogP contribution is 2.12. The first kappa shape index (κ1) is 16.0. The van der Waals surface area contributed by atoms with E-state index in [9.17, 15) is 14.7 Å². The molecule has 0 unspecified atom stereocenters. The van der Waals surface area contributed by atoms with E-state index < -0.39 is 11.9 Å². The number of pyridine rings is 1. The third-order valence-corrected chi connectivity index (χ3v) is 3.64. The maximum atomic E-state index is 12.4. The van der Waals surface area contributed by atoms with Gasteiger partial charge in [-0.2, -0.15) is 0 Å². The van der Waals surface area contributed by atoms with Crippen LogP contribution in [0.1, 0.15) is 34.6 Å². The summed E-state index contributed by atoms with van der Waals surface area (Å²) < 4.78 is 1.55. The highest BCUT2D eigenvalue weighted by Gasteiger charge is 2.18. The van der Waals surface area contributed by atoms with Crippen molar-refractivity contribution in [2.45, 2.75) is 26.4 Å². The minimum absolute atomic E-state index is 0.0850. The molecule has 116 valence electrons. The Morgan fingerprint density at radius 2 is 1.91 bits per heavy atom. The monoisotopic (exact) mass is 300 g/mol. The van der Waals surface area contributed by atoms with Crippen molar-refractivity contribution in [1.29, 1.82) is 0 Å². The van der Waals surface area contributed by atoms with E-state index in [1.165, 1.54) is 6.07 Å². The summed E-state index contributed by atoms with van der Waals surface area (Å²) in [6, 6.07) is 11.9. The summed E-state index contributed by atoms with van der Waals surface area (Å²) in [6.07, 6.45) is 0. The number of aromatic nitrogens is 1. The second-order valence-corrected chi connectivity index (χ2v) is 5.06. The number of carbonyl (C=O) groups excluding carboxylic acids is 1. The fourth-order valence-corrected chi connectivity index (χ4v) is 2.39. The lowest BCUT2D eigenvalue weighted by Gasteiger charge is -2.17. The molecular formula is C17H20N2O3. The molecule has 0 aliphatic rings. The van der Waals surface area contributed by atoms with Crippen LogP contribution in [0.15, 0.2) is 47.3 Å². The van der Waals surface area contributed by atoms with E-state index in [0.717, 1.165) is 11.3 Å². The van der Waals surface area contributed by atoms with Gasteiger partial charge in [-0.15, -0.1) is 0 Å². The van der Waals surface area contributed by atoms with E-state index in [2.05, 4.69) is 5.32 Å². The molecule has 1 atom stereocenters. The number of hydrogen-bond acceptors (Lipinski definition) is 3. The average molecular weight is 300 g/mol. The molecule has 2 N–H and O–H groups in total. The lowest BCUT2D eigenvalue weighted by molar-refractivity contribution is 0.0914. The maximum absolute atomic E-state index is 12.4. The Morgan fingerprint density at radius 1 is 1.23 bits per heavy atom. The zero-order chi connectivity index (χ0) is 16.1. The van der Waals surface area contributed by atoms with Crippen LogP contribution in [0.4, 0.5) is 0 Å². The summed E-state index contributed by atoms with van der Waals surface area (Å²) in [5.41, 5.74) is 1.37. The molecule has 1 aromatic carbocycles. The van der Waals surface area contributed by atoms with Crippen LogP contribution < -0.4 is 10.9 Å². The summed E-state index contributed by atoms with van der Waals surface area (Å²) in [5.74, 6) is -0.477. The van der Waals surface area contributed by atoms with Gasteiger partial charge in [0.25, 0.3) is 11.5 Å². The van der Waals surface area contributed by atoms with Crippen molar-refractivity contribution in [1.82, 2.24) is 9.88 Å². The van der Waals surface area contributed by atoms with Gasteiger partial charge in [-0.3, -0.25) is 9.59 Å². The van der Waals surface area contributed by atoms with Crippen LogP contribution in [0, 0.1) is 6.92 Å². The first-order valence-electron chi connectivity index (χ1n) is 7.25. The third kappa shape index (κ3) is 3.26. The molecule has 0 saturated heterocycles. The Labute approximate surface area is 129 Å². The Morgan fingerprint density at radius 3 is 2.50 bits per heavy atom. The van der Waals surface area contributed by atoms with Crippen LogP contribution in [0.25, 0.3) is 0 Å². The zero-order valence-corrected chi connectivity index (χ0v) is 12.7. The maximum Gasteiger partial charge on any atom is 0.263 e. The number of aliphatic hydroxyl groups excluding tert-OH is 1. The van der Waals surface area contributed by atoms with Gasteiger partial charge in [-0.05, 0) is 31.5 Å². The molecule has 22 heavy (non-hydrogen) atoms. The molecule has 0 aliphatic carbocycles. The summed E-state index contributed by atoms with van der Waals surface area (Å²) in [7, 11) is 0. The first-order chi connectivity index (χ1) is 10.6. The van der Waals surface area contributed by atoms with Gasteiger partial charge in [-0.1, -0.05) is 30.3 Å². The topological polar surface area (TPSA) is 71.3 Å². The molecule has 0 saturated carbocycles. The van der Waals surface area contributed by atoms with Crippen molar-refractivity contribution in [2.24, 2.45) is 0 Å². The van der Waals surface area contributed by atoms with Crippen LogP contribution in [-0.2, 0) is 6.54 Å². The van der Waals surface area contributed by atoms with Crippen molar-refractivity contribution in [3.63, 3.8) is 0 Å². The van der Waals surface area contributed by atoms with Crippen molar-refractivity contribution < 1.29 is 9.90 Å². The molecule has 1 amide bonds. The Bertz CT molecular complexity index is 708. The third-order valence-electron chi connectivity index (χ3n) is 3.64. The number of amides is 1. The standard InChI is InChI=1S/C17H20N2O3/c1-3-19-12(2)9-10-14(17(19)22)16(21)18-15(11-20)13-7-5-4-6-8-13/h4-10,15,20H,3,11H2,1-2H3,(H,18,21)/t15-/m1/s1. The Kier molecular flexibility index (Phi) is 5.12. The van der Waals surface area contributed by atoms with Crippen molar-refractivity contribution in [3.05, 3.63) is 69.6 Å². The van der Waals surface area contributed by atoms with Gasteiger partial charge in [0, 0.05) is 12.2 Å². The molecule has 5 nitrogen and oxygen atoms in total. The SMILES string of the molecule is CCn1c(C)ccc(C(=O)N[C@H](CO)c2ccccc2)c1=O. The van der Waals surface area contributed by atoms with Crippen molar-refractivity contribution in [3.8, 4) is 0 Å². The largest absolute Gasteiger partial charge is 0.394 e. The lowest BCUT2D eigenvalue weighted by Crippen LogP contribution is -2.36. The molecule has 2 rings (SSSR count). The van der Waals surface area contributed by atoms with E-state index >= 15 is 0 Å². The summed E-state index contributed by atoms with van der Waals surface area (Å²) in [4.78, 5) is 24.7. The van der Waals surface area contributed by atoms with Gasteiger partial charge in [0.15, 0.2) is 0 Å². The van der Waals surface area contributed by atoms with Crippen LogP contribution in [-0.4, -0.2) is 22.2 Å². The van der Waals surface area contributed by atoms with Crippen LogP contribution in [0.2, 0.25) is 0 Å². The molecule has 1 heterocycles. The zero-order valence-electron chi connectivity index (χ0n) is 12.7. The van der Waals surface area contributed by atoms with Crippen LogP contribution in [0.3, 0.4) is 0 Å². The summed E-state index contributed by atoms with van der Waals surface area (Å²) in [6.45, 7) is 3.96. The number of carbonyl (C=O) groups is 1. The highest BCUT2D eigenvalue weighted by molar-refractivity contribution is 5.94. The molecule has 1 aromatic heterocycles. The Balaban J connectivity index is 2.27. The second kappa shape index (κ2) is 7.04. The van der Waals surface area contributed by atoms with Gasteiger partial charge in [0.2, 0.25) is 0 Å². The van der Waals surface area contributed by atoms with E-state index in [0.29, 0.717) is 6.54 Å². The summed E-state index contributed by atoms with van der Waals surface area (Å²) >= 11 is 0. The van der Waals surface area contributed by atoms with Crippen molar-refractivity contribution in [2.75, 3.05) is 6.61 Å². The van der Waals surface area contributed by atoms with E-state index in [4.69, 9.17) is 0 Å². The number of nitrogens with one attached hydrogen (secondary N) is 1. The first-order valence-corrected chi connectivity index (χ1v) is 7.25. The average Bonchev–Trinajstić information content (AvgIpc) is 2.53. The lowest BCUT2D eigenvalue weighted by atomic mass is 10.1. The minimum Gasteiger partial charge on any atom is -0.394 e. The Hall–Kier alpha value is -2.40. The fourth-order valence-electron chi connectivity index (χ4n) is 2.39.